The SMILES string of the molecule is C=C(C)COc1ccccc1NCC(=O)Nc1cc(C)ccc1C. The summed E-state index contributed by atoms with van der Waals surface area (Å²) in [6.07, 6.45) is 0. The second-order valence-corrected chi connectivity index (χ2v) is 5.96. The number of rotatable bonds is 7. The van der Waals surface area contributed by atoms with Gasteiger partial charge in [0.1, 0.15) is 12.4 Å². The lowest BCUT2D eigenvalue weighted by Crippen LogP contribution is -2.22. The van der Waals surface area contributed by atoms with Gasteiger partial charge in [-0.05, 0) is 55.7 Å². The van der Waals surface area contributed by atoms with Crippen LogP contribution in [0.3, 0.4) is 0 Å². The van der Waals surface area contributed by atoms with Crippen molar-refractivity contribution in [2.24, 2.45) is 0 Å². The molecule has 0 aliphatic heterocycles. The first-order valence-electron chi connectivity index (χ1n) is 7.93. The molecule has 0 aliphatic rings. The maximum absolute atomic E-state index is 12.2. The summed E-state index contributed by atoms with van der Waals surface area (Å²) >= 11 is 0. The third-order valence-electron chi connectivity index (χ3n) is 3.47. The number of hydrogen-bond donors (Lipinski definition) is 2. The highest BCUT2D eigenvalue weighted by molar-refractivity contribution is 5.94. The smallest absolute Gasteiger partial charge is 0.243 e. The second-order valence-electron chi connectivity index (χ2n) is 5.96. The van der Waals surface area contributed by atoms with Crippen molar-refractivity contribution in [3.63, 3.8) is 0 Å². The molecule has 0 aromatic heterocycles. The van der Waals surface area contributed by atoms with Crippen LogP contribution in [0.25, 0.3) is 0 Å². The normalized spacial score (nSPS) is 10.1. The maximum Gasteiger partial charge on any atom is 0.243 e. The lowest BCUT2D eigenvalue weighted by molar-refractivity contribution is -0.114. The van der Waals surface area contributed by atoms with Gasteiger partial charge in [-0.1, -0.05) is 30.8 Å². The molecule has 0 spiro atoms. The molecule has 0 radical (unpaired) electrons. The predicted molar refractivity (Wildman–Crippen MR) is 99.8 cm³/mol. The molecule has 2 rings (SSSR count). The van der Waals surface area contributed by atoms with Crippen molar-refractivity contribution in [2.45, 2.75) is 20.8 Å². The third kappa shape index (κ3) is 5.16. The van der Waals surface area contributed by atoms with Crippen LogP contribution in [0.1, 0.15) is 18.1 Å². The molecule has 4 heteroatoms. The highest BCUT2D eigenvalue weighted by Crippen LogP contribution is 2.24. The first kappa shape index (κ1) is 17.6. The fourth-order valence-corrected chi connectivity index (χ4v) is 2.18. The molecule has 2 aromatic rings. The Labute approximate surface area is 143 Å². The Balaban J connectivity index is 1.96. The zero-order valence-corrected chi connectivity index (χ0v) is 14.5. The van der Waals surface area contributed by atoms with Crippen molar-refractivity contribution < 1.29 is 9.53 Å². The van der Waals surface area contributed by atoms with Gasteiger partial charge in [0.2, 0.25) is 5.91 Å². The molecular weight excluding hydrogens is 300 g/mol. The van der Waals surface area contributed by atoms with E-state index in [9.17, 15) is 4.79 Å². The number of carbonyl (C=O) groups is 1. The minimum atomic E-state index is -0.0987. The molecule has 1 amide bonds. The van der Waals surface area contributed by atoms with Crippen LogP contribution in [0.15, 0.2) is 54.6 Å². The first-order chi connectivity index (χ1) is 11.5. The lowest BCUT2D eigenvalue weighted by Gasteiger charge is -2.14. The van der Waals surface area contributed by atoms with E-state index in [0.717, 1.165) is 28.1 Å². The van der Waals surface area contributed by atoms with E-state index in [1.807, 2.05) is 63.2 Å². The molecule has 126 valence electrons. The molecule has 0 heterocycles. The van der Waals surface area contributed by atoms with E-state index >= 15 is 0 Å². The van der Waals surface area contributed by atoms with Gasteiger partial charge in [0.05, 0.1) is 12.2 Å². The number of benzene rings is 2. The molecule has 4 nitrogen and oxygen atoms in total. The summed E-state index contributed by atoms with van der Waals surface area (Å²) in [7, 11) is 0. The van der Waals surface area contributed by atoms with Crippen LogP contribution >= 0.6 is 0 Å². The van der Waals surface area contributed by atoms with Crippen LogP contribution < -0.4 is 15.4 Å². The topological polar surface area (TPSA) is 50.4 Å². The van der Waals surface area contributed by atoms with Gasteiger partial charge in [0, 0.05) is 5.69 Å². The molecule has 0 saturated carbocycles. The van der Waals surface area contributed by atoms with E-state index in [0.29, 0.717) is 12.4 Å². The molecule has 0 bridgehead atoms. The molecule has 0 aliphatic carbocycles. The molecule has 0 unspecified atom stereocenters. The van der Waals surface area contributed by atoms with Gasteiger partial charge < -0.3 is 15.4 Å². The van der Waals surface area contributed by atoms with Gasteiger partial charge in [-0.2, -0.15) is 0 Å². The zero-order valence-electron chi connectivity index (χ0n) is 14.5. The Kier molecular flexibility index (Phi) is 6.01. The average molecular weight is 324 g/mol. The van der Waals surface area contributed by atoms with E-state index in [4.69, 9.17) is 4.74 Å². The number of ether oxygens (including phenoxy) is 1. The van der Waals surface area contributed by atoms with E-state index < -0.39 is 0 Å². The van der Waals surface area contributed by atoms with Crippen molar-refractivity contribution >= 4 is 17.3 Å². The lowest BCUT2D eigenvalue weighted by atomic mass is 10.1. The minimum Gasteiger partial charge on any atom is -0.487 e. The number of carbonyl (C=O) groups excluding carboxylic acids is 1. The zero-order chi connectivity index (χ0) is 17.5. The number of hydrogen-bond acceptors (Lipinski definition) is 3. The Morgan fingerprint density at radius 1 is 1.12 bits per heavy atom. The van der Waals surface area contributed by atoms with Gasteiger partial charge >= 0.3 is 0 Å². The summed E-state index contributed by atoms with van der Waals surface area (Å²) in [4.78, 5) is 12.2. The summed E-state index contributed by atoms with van der Waals surface area (Å²) in [5.41, 5.74) is 4.72. The second kappa shape index (κ2) is 8.20. The van der Waals surface area contributed by atoms with Gasteiger partial charge in [-0.15, -0.1) is 0 Å². The van der Waals surface area contributed by atoms with Crippen molar-refractivity contribution in [1.29, 1.82) is 0 Å². The Bertz CT molecular complexity index is 738. The molecule has 2 aromatic carbocycles. The number of nitrogens with one attached hydrogen (secondary N) is 2. The molecule has 0 atom stereocenters. The highest BCUT2D eigenvalue weighted by atomic mass is 16.5. The van der Waals surface area contributed by atoms with E-state index in [1.54, 1.807) is 0 Å². The van der Waals surface area contributed by atoms with E-state index in [1.165, 1.54) is 0 Å². The van der Waals surface area contributed by atoms with Gasteiger partial charge in [0.25, 0.3) is 0 Å². The molecule has 0 saturated heterocycles. The van der Waals surface area contributed by atoms with Crippen LogP contribution in [-0.4, -0.2) is 19.1 Å². The van der Waals surface area contributed by atoms with Crippen molar-refractivity contribution in [1.82, 2.24) is 0 Å². The Morgan fingerprint density at radius 3 is 2.62 bits per heavy atom. The Hall–Kier alpha value is -2.75. The summed E-state index contributed by atoms with van der Waals surface area (Å²) in [5, 5.41) is 6.06. The standard InChI is InChI=1S/C20H24N2O2/c1-14(2)13-24-19-8-6-5-7-17(19)21-12-20(23)22-18-11-15(3)9-10-16(18)4/h5-11,21H,1,12-13H2,2-4H3,(H,22,23). The van der Waals surface area contributed by atoms with Gasteiger partial charge in [-0.25, -0.2) is 0 Å². The quantitative estimate of drug-likeness (QED) is 0.746. The molecule has 2 N–H and O–H groups in total. The van der Waals surface area contributed by atoms with E-state index in [2.05, 4.69) is 17.2 Å². The van der Waals surface area contributed by atoms with Crippen LogP contribution in [0.2, 0.25) is 0 Å². The van der Waals surface area contributed by atoms with E-state index in [-0.39, 0.29) is 12.5 Å². The van der Waals surface area contributed by atoms with Crippen molar-refractivity contribution in [3.05, 3.63) is 65.7 Å². The van der Waals surface area contributed by atoms with Crippen LogP contribution in [0.4, 0.5) is 11.4 Å². The fourth-order valence-electron chi connectivity index (χ4n) is 2.18. The summed E-state index contributed by atoms with van der Waals surface area (Å²) < 4.78 is 5.69. The number of aryl methyl sites for hydroxylation is 2. The summed E-state index contributed by atoms with van der Waals surface area (Å²) in [5.74, 6) is 0.610. The summed E-state index contributed by atoms with van der Waals surface area (Å²) in [6.45, 7) is 10.3. The fraction of sp³-hybridized carbons (Fsp3) is 0.250. The highest BCUT2D eigenvalue weighted by Gasteiger charge is 2.07. The predicted octanol–water partition coefficient (Wildman–Crippen LogP) is 4.31. The van der Waals surface area contributed by atoms with Crippen LogP contribution in [-0.2, 0) is 4.79 Å². The van der Waals surface area contributed by atoms with Gasteiger partial charge in [0.15, 0.2) is 0 Å². The van der Waals surface area contributed by atoms with Crippen LogP contribution in [0.5, 0.6) is 5.75 Å². The largest absolute Gasteiger partial charge is 0.487 e. The van der Waals surface area contributed by atoms with Crippen LogP contribution in [0, 0.1) is 13.8 Å². The third-order valence-corrected chi connectivity index (χ3v) is 3.47. The first-order valence-corrected chi connectivity index (χ1v) is 7.93. The molecule has 24 heavy (non-hydrogen) atoms. The Morgan fingerprint density at radius 2 is 1.88 bits per heavy atom. The number of anilines is 2. The average Bonchev–Trinajstić information content (AvgIpc) is 2.55. The van der Waals surface area contributed by atoms with Crippen molar-refractivity contribution in [2.75, 3.05) is 23.8 Å². The van der Waals surface area contributed by atoms with Crippen molar-refractivity contribution in [3.8, 4) is 5.75 Å². The maximum atomic E-state index is 12.2. The molecular formula is C20H24N2O2. The number of para-hydroxylation sites is 2. The minimum absolute atomic E-state index is 0.0987. The summed E-state index contributed by atoms with van der Waals surface area (Å²) in [6, 6.07) is 13.6. The number of amides is 1. The monoisotopic (exact) mass is 324 g/mol. The van der Waals surface area contributed by atoms with Gasteiger partial charge in [-0.3, -0.25) is 4.79 Å². The molecule has 0 fully saturated rings.